The van der Waals surface area contributed by atoms with Gasteiger partial charge in [0.2, 0.25) is 0 Å². The number of methoxy groups -OCH3 is 1. The van der Waals surface area contributed by atoms with Crippen molar-refractivity contribution < 1.29 is 9.13 Å². The molecule has 8 heteroatoms. The van der Waals surface area contributed by atoms with Crippen LogP contribution in [0.3, 0.4) is 0 Å². The number of aromatic nitrogens is 2. The number of anilines is 3. The maximum atomic E-state index is 14.5. The first kappa shape index (κ1) is 19.9. The van der Waals surface area contributed by atoms with E-state index in [9.17, 15) is 9.65 Å². The Hall–Kier alpha value is -3.44. The zero-order chi connectivity index (χ0) is 21.3. The topological polar surface area (TPSA) is 77.3 Å². The lowest BCUT2D eigenvalue weighted by Crippen LogP contribution is -2.44. The van der Waals surface area contributed by atoms with E-state index in [2.05, 4.69) is 38.4 Å². The molecule has 0 spiro atoms. The van der Waals surface area contributed by atoms with E-state index in [-0.39, 0.29) is 11.4 Å². The lowest BCUT2D eigenvalue weighted by Gasteiger charge is -2.35. The first-order chi connectivity index (χ1) is 14.5. The fourth-order valence-corrected chi connectivity index (χ4v) is 3.64. The molecule has 0 atom stereocenters. The molecule has 4 rings (SSSR count). The summed E-state index contributed by atoms with van der Waals surface area (Å²) in [7, 11) is 3.72. The molecule has 2 heterocycles. The van der Waals surface area contributed by atoms with E-state index in [1.165, 1.54) is 6.07 Å². The molecule has 0 amide bonds. The third kappa shape index (κ3) is 3.72. The number of halogens is 1. The number of nitrogens with zero attached hydrogens (tertiary/aromatic N) is 5. The van der Waals surface area contributed by atoms with Crippen molar-refractivity contribution in [3.8, 4) is 11.8 Å². The van der Waals surface area contributed by atoms with E-state index in [4.69, 9.17) is 4.74 Å². The van der Waals surface area contributed by atoms with Gasteiger partial charge in [0.15, 0.2) is 5.69 Å². The number of hydrogen-bond donors (Lipinski definition) is 1. The Kier molecular flexibility index (Phi) is 5.38. The maximum absolute atomic E-state index is 14.5. The van der Waals surface area contributed by atoms with Gasteiger partial charge in [-0.3, -0.25) is 0 Å². The summed E-state index contributed by atoms with van der Waals surface area (Å²) in [4.78, 5) is 4.53. The summed E-state index contributed by atoms with van der Waals surface area (Å²) in [5.41, 5.74) is 3.13. The molecule has 1 aliphatic rings. The Morgan fingerprint density at radius 1 is 1.13 bits per heavy atom. The highest BCUT2D eigenvalue weighted by Crippen LogP contribution is 2.37. The Morgan fingerprint density at radius 3 is 2.57 bits per heavy atom. The minimum Gasteiger partial charge on any atom is -0.495 e. The minimum atomic E-state index is -0.392. The Balaban J connectivity index is 1.85. The van der Waals surface area contributed by atoms with Crippen LogP contribution in [-0.4, -0.2) is 55.4 Å². The van der Waals surface area contributed by atoms with E-state index in [1.807, 2.05) is 25.1 Å². The number of piperazine rings is 1. The lowest BCUT2D eigenvalue weighted by atomic mass is 10.1. The van der Waals surface area contributed by atoms with Crippen LogP contribution in [0.25, 0.3) is 10.9 Å². The molecule has 1 aromatic heterocycles. The van der Waals surface area contributed by atoms with Crippen molar-refractivity contribution in [3.05, 3.63) is 47.4 Å². The molecule has 3 aromatic rings. The second-order valence-corrected chi connectivity index (χ2v) is 7.48. The fourth-order valence-electron chi connectivity index (χ4n) is 3.64. The molecule has 30 heavy (non-hydrogen) atoms. The van der Waals surface area contributed by atoms with Gasteiger partial charge >= 0.3 is 0 Å². The fraction of sp³-hybridized carbons (Fsp3) is 0.318. The van der Waals surface area contributed by atoms with Crippen LogP contribution in [0.15, 0.2) is 30.3 Å². The van der Waals surface area contributed by atoms with Crippen molar-refractivity contribution in [3.63, 3.8) is 0 Å². The van der Waals surface area contributed by atoms with Crippen LogP contribution in [0.2, 0.25) is 0 Å². The summed E-state index contributed by atoms with van der Waals surface area (Å²) in [6.45, 7) is 5.43. The Labute approximate surface area is 174 Å². The smallest absolute Gasteiger partial charge is 0.187 e. The number of nitriles is 1. The van der Waals surface area contributed by atoms with E-state index in [1.54, 1.807) is 13.2 Å². The quantitative estimate of drug-likeness (QED) is 0.711. The Bertz CT molecular complexity index is 1130. The zero-order valence-electron chi connectivity index (χ0n) is 17.2. The average Bonchev–Trinajstić information content (AvgIpc) is 2.75. The van der Waals surface area contributed by atoms with Crippen molar-refractivity contribution in [2.24, 2.45) is 0 Å². The SMILES string of the molecule is COc1cc2nnc(C#N)c(Nc3ccc(C)cc3F)c2cc1N1CCN(C)CC1. The van der Waals surface area contributed by atoms with Crippen molar-refractivity contribution in [1.29, 1.82) is 5.26 Å². The molecule has 1 fully saturated rings. The second kappa shape index (κ2) is 8.13. The van der Waals surface area contributed by atoms with E-state index >= 15 is 0 Å². The van der Waals surface area contributed by atoms with Crippen LogP contribution in [0.1, 0.15) is 11.3 Å². The third-order valence-corrected chi connectivity index (χ3v) is 5.40. The highest BCUT2D eigenvalue weighted by atomic mass is 19.1. The average molecular weight is 406 g/mol. The Morgan fingerprint density at radius 2 is 1.90 bits per heavy atom. The van der Waals surface area contributed by atoms with Gasteiger partial charge in [-0.15, -0.1) is 10.2 Å². The molecule has 7 nitrogen and oxygen atoms in total. The largest absolute Gasteiger partial charge is 0.495 e. The summed E-state index contributed by atoms with van der Waals surface area (Å²) >= 11 is 0. The molecular formula is C22H23FN6O. The van der Waals surface area contributed by atoms with Gasteiger partial charge in [-0.25, -0.2) is 4.39 Å². The summed E-state index contributed by atoms with van der Waals surface area (Å²) in [6, 6.07) is 10.7. The van der Waals surface area contributed by atoms with Crippen LogP contribution in [0.5, 0.6) is 5.75 Å². The molecule has 1 aliphatic heterocycles. The zero-order valence-corrected chi connectivity index (χ0v) is 17.2. The molecule has 1 N–H and O–H groups in total. The summed E-state index contributed by atoms with van der Waals surface area (Å²) in [5, 5.41) is 21.6. The highest BCUT2D eigenvalue weighted by Gasteiger charge is 2.21. The first-order valence-electron chi connectivity index (χ1n) is 9.75. The van der Waals surface area contributed by atoms with Gasteiger partial charge < -0.3 is 19.9 Å². The molecule has 0 bridgehead atoms. The molecule has 2 aromatic carbocycles. The van der Waals surface area contributed by atoms with Crippen LogP contribution >= 0.6 is 0 Å². The van der Waals surface area contributed by atoms with Crippen LogP contribution < -0.4 is 15.0 Å². The number of nitrogens with one attached hydrogen (secondary N) is 1. The predicted molar refractivity (Wildman–Crippen MR) is 115 cm³/mol. The number of rotatable bonds is 4. The first-order valence-corrected chi connectivity index (χ1v) is 9.75. The van der Waals surface area contributed by atoms with Crippen molar-refractivity contribution in [2.45, 2.75) is 6.92 Å². The van der Waals surface area contributed by atoms with Gasteiger partial charge in [-0.1, -0.05) is 6.07 Å². The maximum Gasteiger partial charge on any atom is 0.187 e. The van der Waals surface area contributed by atoms with Crippen molar-refractivity contribution >= 4 is 28.0 Å². The van der Waals surface area contributed by atoms with E-state index in [0.29, 0.717) is 22.3 Å². The lowest BCUT2D eigenvalue weighted by molar-refractivity contribution is 0.311. The summed E-state index contributed by atoms with van der Waals surface area (Å²) in [6.07, 6.45) is 0. The number of likely N-dealkylation sites (N-methyl/N-ethyl adjacent to an activating group) is 1. The molecular weight excluding hydrogens is 383 g/mol. The second-order valence-electron chi connectivity index (χ2n) is 7.48. The van der Waals surface area contributed by atoms with Crippen LogP contribution in [0.4, 0.5) is 21.5 Å². The standard InChI is InChI=1S/C22H23FN6O/c1-14-4-5-17(16(23)10-14)25-22-15-11-20(29-8-6-28(2)7-9-29)21(30-3)12-18(15)26-27-19(22)13-24/h4-5,10-12H,6-9H2,1-3H3,(H,25,26). The monoisotopic (exact) mass is 406 g/mol. The van der Waals surface area contributed by atoms with E-state index < -0.39 is 5.82 Å². The third-order valence-electron chi connectivity index (χ3n) is 5.40. The predicted octanol–water partition coefficient (Wildman–Crippen LogP) is 3.45. The van der Waals surface area contributed by atoms with Crippen molar-refractivity contribution in [1.82, 2.24) is 15.1 Å². The molecule has 0 saturated carbocycles. The minimum absolute atomic E-state index is 0.108. The number of benzene rings is 2. The molecule has 0 radical (unpaired) electrons. The van der Waals surface area contributed by atoms with Gasteiger partial charge in [0.05, 0.1) is 29.7 Å². The van der Waals surface area contributed by atoms with Gasteiger partial charge in [-0.2, -0.15) is 5.26 Å². The molecule has 1 saturated heterocycles. The van der Waals surface area contributed by atoms with Gasteiger partial charge in [0.25, 0.3) is 0 Å². The van der Waals surface area contributed by atoms with Gasteiger partial charge in [-0.05, 0) is 37.7 Å². The molecule has 154 valence electrons. The number of fused-ring (bicyclic) bond motifs is 1. The van der Waals surface area contributed by atoms with Gasteiger partial charge in [0, 0.05) is 37.6 Å². The number of ether oxygens (including phenoxy) is 1. The van der Waals surface area contributed by atoms with Crippen LogP contribution in [0, 0.1) is 24.1 Å². The summed E-state index contributed by atoms with van der Waals surface area (Å²) < 4.78 is 20.1. The van der Waals surface area contributed by atoms with E-state index in [0.717, 1.165) is 37.4 Å². The molecule has 0 aliphatic carbocycles. The van der Waals surface area contributed by atoms with Gasteiger partial charge in [0.1, 0.15) is 17.6 Å². The summed E-state index contributed by atoms with van der Waals surface area (Å²) in [5.74, 6) is 0.301. The number of hydrogen-bond acceptors (Lipinski definition) is 7. The molecule has 0 unspecified atom stereocenters. The highest BCUT2D eigenvalue weighted by molar-refractivity contribution is 5.98. The normalized spacial score (nSPS) is 14.6. The van der Waals surface area contributed by atoms with Crippen LogP contribution in [-0.2, 0) is 0 Å². The van der Waals surface area contributed by atoms with Crippen molar-refractivity contribution in [2.75, 3.05) is 50.6 Å². The number of aryl methyl sites for hydroxylation is 1.